The number of rotatable bonds is 0. The maximum atomic E-state index is 15.3. The summed E-state index contributed by atoms with van der Waals surface area (Å²) in [4.78, 5) is 4.73. The van der Waals surface area contributed by atoms with Crippen LogP contribution in [0.3, 0.4) is 0 Å². The Balaban J connectivity index is 1.74. The highest BCUT2D eigenvalue weighted by molar-refractivity contribution is 7.81. The standard InChI is InChI=1S/C27H17N2OP/c30-31-24-13-5-3-10-20(24)21-16-15-18-8-1-2-9-19(18)27(21)29(31)23-12-7-17-28-26(23)22-11-4-6-14-25(22)31/h1-17H. The summed E-state index contributed by atoms with van der Waals surface area (Å²) >= 11 is 0. The van der Waals surface area contributed by atoms with Crippen LogP contribution in [-0.4, -0.2) is 4.98 Å². The van der Waals surface area contributed by atoms with Crippen molar-refractivity contribution < 1.29 is 4.57 Å². The zero-order valence-corrected chi connectivity index (χ0v) is 17.5. The summed E-state index contributed by atoms with van der Waals surface area (Å²) in [6.07, 6.45) is 1.81. The molecule has 0 bridgehead atoms. The van der Waals surface area contributed by atoms with Crippen molar-refractivity contribution in [3.63, 3.8) is 0 Å². The molecule has 2 aliphatic rings. The predicted octanol–water partition coefficient (Wildman–Crippen LogP) is 6.26. The van der Waals surface area contributed by atoms with Gasteiger partial charge in [0.05, 0.1) is 17.1 Å². The number of benzene rings is 4. The van der Waals surface area contributed by atoms with Gasteiger partial charge in [-0.1, -0.05) is 72.8 Å². The van der Waals surface area contributed by atoms with Gasteiger partial charge in [0.1, 0.15) is 0 Å². The molecule has 7 rings (SSSR count). The van der Waals surface area contributed by atoms with Crippen molar-refractivity contribution in [3.05, 3.63) is 103 Å². The molecule has 0 N–H and O–H groups in total. The lowest BCUT2D eigenvalue weighted by Gasteiger charge is -2.44. The van der Waals surface area contributed by atoms with Gasteiger partial charge >= 0.3 is 0 Å². The molecule has 0 saturated heterocycles. The molecular formula is C27H17N2OP. The number of fused-ring (bicyclic) bond motifs is 13. The van der Waals surface area contributed by atoms with E-state index in [-0.39, 0.29) is 0 Å². The number of nitrogens with zero attached hydrogens (tertiary/aromatic N) is 2. The largest absolute Gasteiger partial charge is 0.289 e. The van der Waals surface area contributed by atoms with Gasteiger partial charge in [-0.05, 0) is 35.2 Å². The summed E-state index contributed by atoms with van der Waals surface area (Å²) in [6.45, 7) is 0. The molecule has 1 atom stereocenters. The molecule has 0 fully saturated rings. The second kappa shape index (κ2) is 5.94. The Hall–Kier alpha value is -3.68. The van der Waals surface area contributed by atoms with Gasteiger partial charge in [0, 0.05) is 33.3 Å². The zero-order chi connectivity index (χ0) is 20.6. The molecule has 1 unspecified atom stereocenters. The minimum atomic E-state index is -3.17. The normalized spacial score (nSPS) is 17.9. The van der Waals surface area contributed by atoms with Crippen LogP contribution in [0.1, 0.15) is 0 Å². The van der Waals surface area contributed by atoms with E-state index in [2.05, 4.69) is 41.1 Å². The number of hydrogen-bond donors (Lipinski definition) is 0. The lowest BCUT2D eigenvalue weighted by atomic mass is 9.97. The molecule has 2 aliphatic heterocycles. The maximum absolute atomic E-state index is 15.3. The highest BCUT2D eigenvalue weighted by Crippen LogP contribution is 2.66. The van der Waals surface area contributed by atoms with Crippen molar-refractivity contribution in [2.75, 3.05) is 4.67 Å². The van der Waals surface area contributed by atoms with Gasteiger partial charge in [0.15, 0.2) is 0 Å². The topological polar surface area (TPSA) is 33.2 Å². The van der Waals surface area contributed by atoms with Crippen LogP contribution in [0.15, 0.2) is 103 Å². The second-order valence-electron chi connectivity index (χ2n) is 7.98. The fraction of sp³-hybridized carbons (Fsp3) is 0. The lowest BCUT2D eigenvalue weighted by molar-refractivity contribution is 0.586. The van der Waals surface area contributed by atoms with E-state index in [0.717, 1.165) is 55.1 Å². The Labute approximate surface area is 180 Å². The van der Waals surface area contributed by atoms with E-state index in [1.807, 2.05) is 66.9 Å². The van der Waals surface area contributed by atoms with Crippen molar-refractivity contribution in [3.8, 4) is 22.4 Å². The van der Waals surface area contributed by atoms with Crippen LogP contribution in [0.2, 0.25) is 0 Å². The van der Waals surface area contributed by atoms with Crippen molar-refractivity contribution in [1.29, 1.82) is 0 Å². The fourth-order valence-electron chi connectivity index (χ4n) is 5.14. The molecule has 0 saturated carbocycles. The average Bonchev–Trinajstić information content (AvgIpc) is 2.84. The molecular weight excluding hydrogens is 399 g/mol. The number of anilines is 2. The smallest absolute Gasteiger partial charge is 0.235 e. The average molecular weight is 416 g/mol. The first kappa shape index (κ1) is 17.0. The monoisotopic (exact) mass is 416 g/mol. The quantitative estimate of drug-likeness (QED) is 0.279. The molecule has 146 valence electrons. The number of aromatic nitrogens is 1. The first-order valence-electron chi connectivity index (χ1n) is 10.4. The van der Waals surface area contributed by atoms with Crippen molar-refractivity contribution in [2.45, 2.75) is 0 Å². The van der Waals surface area contributed by atoms with E-state index >= 15 is 4.57 Å². The Bertz CT molecular complexity index is 1590. The summed E-state index contributed by atoms with van der Waals surface area (Å²) < 4.78 is 17.4. The van der Waals surface area contributed by atoms with E-state index < -0.39 is 7.29 Å². The van der Waals surface area contributed by atoms with E-state index in [1.165, 1.54) is 0 Å². The zero-order valence-electron chi connectivity index (χ0n) is 16.6. The third kappa shape index (κ3) is 2.04. The SMILES string of the molecule is O=P12c3ccccc3-c3ccc4ccccc4c3N1c1cccnc1-c1ccccc12. The Morgan fingerprint density at radius 1 is 0.645 bits per heavy atom. The third-order valence-corrected chi connectivity index (χ3v) is 9.48. The van der Waals surface area contributed by atoms with Crippen LogP contribution in [-0.2, 0) is 4.57 Å². The number of pyridine rings is 1. The molecule has 1 aromatic heterocycles. The molecule has 0 spiro atoms. The van der Waals surface area contributed by atoms with Gasteiger partial charge in [0.25, 0.3) is 0 Å². The molecule has 3 heterocycles. The highest BCUT2D eigenvalue weighted by Gasteiger charge is 2.48. The van der Waals surface area contributed by atoms with Crippen molar-refractivity contribution in [1.82, 2.24) is 4.98 Å². The minimum absolute atomic E-state index is 0.854. The summed E-state index contributed by atoms with van der Waals surface area (Å²) in [5, 5.41) is 3.98. The van der Waals surface area contributed by atoms with Crippen LogP contribution in [0.5, 0.6) is 0 Å². The van der Waals surface area contributed by atoms with Crippen LogP contribution >= 0.6 is 7.29 Å². The van der Waals surface area contributed by atoms with Crippen LogP contribution < -0.4 is 15.3 Å². The molecule has 0 amide bonds. The molecule has 0 radical (unpaired) electrons. The van der Waals surface area contributed by atoms with Crippen LogP contribution in [0, 0.1) is 0 Å². The molecule has 5 aromatic rings. The molecule has 0 aliphatic carbocycles. The Morgan fingerprint density at radius 2 is 1.35 bits per heavy atom. The highest BCUT2D eigenvalue weighted by atomic mass is 31.2. The Morgan fingerprint density at radius 3 is 2.23 bits per heavy atom. The Kier molecular flexibility index (Phi) is 3.26. The first-order chi connectivity index (χ1) is 15.3. The number of hydrogen-bond acceptors (Lipinski definition) is 2. The van der Waals surface area contributed by atoms with Gasteiger partial charge in [-0.2, -0.15) is 0 Å². The predicted molar refractivity (Wildman–Crippen MR) is 128 cm³/mol. The summed E-state index contributed by atoms with van der Waals surface area (Å²) in [6, 6.07) is 32.8. The first-order valence-corrected chi connectivity index (χ1v) is 12.0. The molecule has 4 heteroatoms. The van der Waals surface area contributed by atoms with E-state index in [0.29, 0.717) is 0 Å². The van der Waals surface area contributed by atoms with Gasteiger partial charge in [-0.15, -0.1) is 0 Å². The fourth-order valence-corrected chi connectivity index (χ4v) is 8.40. The summed E-state index contributed by atoms with van der Waals surface area (Å²) in [7, 11) is -3.17. The van der Waals surface area contributed by atoms with Gasteiger partial charge in [-0.25, -0.2) is 0 Å². The minimum Gasteiger partial charge on any atom is -0.289 e. The van der Waals surface area contributed by atoms with Gasteiger partial charge in [-0.3, -0.25) is 14.2 Å². The van der Waals surface area contributed by atoms with Crippen LogP contribution in [0.4, 0.5) is 11.4 Å². The molecule has 3 nitrogen and oxygen atoms in total. The second-order valence-corrected chi connectivity index (χ2v) is 10.5. The van der Waals surface area contributed by atoms with Crippen molar-refractivity contribution in [2.24, 2.45) is 0 Å². The summed E-state index contributed by atoms with van der Waals surface area (Å²) in [5.41, 5.74) is 5.89. The lowest BCUT2D eigenvalue weighted by Crippen LogP contribution is -2.37. The van der Waals surface area contributed by atoms with E-state index in [4.69, 9.17) is 4.98 Å². The van der Waals surface area contributed by atoms with Crippen molar-refractivity contribution >= 4 is 40.0 Å². The van der Waals surface area contributed by atoms with E-state index in [9.17, 15) is 0 Å². The molecule has 4 aromatic carbocycles. The maximum Gasteiger partial charge on any atom is 0.235 e. The van der Waals surface area contributed by atoms with Gasteiger partial charge in [0.2, 0.25) is 7.29 Å². The van der Waals surface area contributed by atoms with E-state index in [1.54, 1.807) is 0 Å². The van der Waals surface area contributed by atoms with Crippen LogP contribution in [0.25, 0.3) is 33.2 Å². The summed E-state index contributed by atoms with van der Waals surface area (Å²) in [5.74, 6) is 0. The molecule has 31 heavy (non-hydrogen) atoms. The van der Waals surface area contributed by atoms with Gasteiger partial charge < -0.3 is 0 Å². The third-order valence-electron chi connectivity index (χ3n) is 6.42.